The van der Waals surface area contributed by atoms with Crippen molar-refractivity contribution in [3.8, 4) is 0 Å². The standard InChI is InChI=1S/C15H19F2N3OS/c16-15(17)5-3-11(9-1-2-9)12(8-15)14(21)20-10-4-6-19-13(7-10)22-18/h4,6-7,9,11-12H,1-3,5,8,18H2,(H,19,20,21)/t11?,12-/m1/s1. The Balaban J connectivity index is 1.73. The lowest BCUT2D eigenvalue weighted by Gasteiger charge is -2.35. The lowest BCUT2D eigenvalue weighted by atomic mass is 9.74. The van der Waals surface area contributed by atoms with Crippen LogP contribution in [0.1, 0.15) is 32.1 Å². The molecule has 1 amide bonds. The van der Waals surface area contributed by atoms with E-state index >= 15 is 0 Å². The molecule has 0 radical (unpaired) electrons. The van der Waals surface area contributed by atoms with Gasteiger partial charge in [0.1, 0.15) is 5.03 Å². The van der Waals surface area contributed by atoms with Gasteiger partial charge in [-0.15, -0.1) is 0 Å². The molecule has 0 aliphatic heterocycles. The van der Waals surface area contributed by atoms with Crippen LogP contribution in [0.15, 0.2) is 23.4 Å². The molecule has 120 valence electrons. The first kappa shape index (κ1) is 15.7. The topological polar surface area (TPSA) is 68.0 Å². The number of alkyl halides is 2. The number of nitrogens with zero attached hydrogens (tertiary/aromatic N) is 1. The molecule has 22 heavy (non-hydrogen) atoms. The number of halogens is 2. The summed E-state index contributed by atoms with van der Waals surface area (Å²) in [6.45, 7) is 0. The molecule has 2 aliphatic rings. The van der Waals surface area contributed by atoms with Crippen molar-refractivity contribution in [3.05, 3.63) is 18.3 Å². The van der Waals surface area contributed by atoms with Crippen LogP contribution in [-0.4, -0.2) is 16.8 Å². The third kappa shape index (κ3) is 3.57. The van der Waals surface area contributed by atoms with Gasteiger partial charge in [-0.3, -0.25) is 9.93 Å². The number of anilines is 1. The van der Waals surface area contributed by atoms with Gasteiger partial charge >= 0.3 is 0 Å². The van der Waals surface area contributed by atoms with Crippen LogP contribution in [0.3, 0.4) is 0 Å². The van der Waals surface area contributed by atoms with E-state index < -0.39 is 11.8 Å². The average molecular weight is 327 g/mol. The maximum Gasteiger partial charge on any atom is 0.248 e. The number of amides is 1. The molecule has 1 aromatic heterocycles. The first-order valence-corrected chi connectivity index (χ1v) is 8.38. The van der Waals surface area contributed by atoms with Gasteiger partial charge in [-0.25, -0.2) is 13.8 Å². The summed E-state index contributed by atoms with van der Waals surface area (Å²) in [6, 6.07) is 3.29. The minimum absolute atomic E-state index is 0.0878. The van der Waals surface area contributed by atoms with Crippen molar-refractivity contribution in [2.24, 2.45) is 22.9 Å². The summed E-state index contributed by atoms with van der Waals surface area (Å²) in [4.78, 5) is 16.5. The Labute approximate surface area is 132 Å². The van der Waals surface area contributed by atoms with Crippen LogP contribution in [0.2, 0.25) is 0 Å². The van der Waals surface area contributed by atoms with Gasteiger partial charge in [0.15, 0.2) is 0 Å². The first-order chi connectivity index (χ1) is 10.5. The SMILES string of the molecule is NSc1cc(NC(=O)[C@@H]2CC(F)(F)CCC2C2CC2)ccn1. The summed E-state index contributed by atoms with van der Waals surface area (Å²) in [5.41, 5.74) is 0.552. The molecule has 3 N–H and O–H groups in total. The highest BCUT2D eigenvalue weighted by Gasteiger charge is 2.49. The van der Waals surface area contributed by atoms with Crippen LogP contribution < -0.4 is 10.5 Å². The van der Waals surface area contributed by atoms with Gasteiger partial charge in [-0.2, -0.15) is 0 Å². The van der Waals surface area contributed by atoms with Gasteiger partial charge < -0.3 is 5.32 Å². The molecule has 0 saturated heterocycles. The number of pyridine rings is 1. The molecule has 0 bridgehead atoms. The molecule has 2 atom stereocenters. The minimum atomic E-state index is -2.73. The maximum atomic E-state index is 13.7. The zero-order valence-corrected chi connectivity index (χ0v) is 12.9. The number of hydrogen-bond donors (Lipinski definition) is 2. The van der Waals surface area contributed by atoms with E-state index in [1.54, 1.807) is 18.3 Å². The number of carbonyl (C=O) groups is 1. The number of nitrogens with two attached hydrogens (primary N) is 1. The molecule has 0 spiro atoms. The van der Waals surface area contributed by atoms with E-state index in [9.17, 15) is 13.6 Å². The summed E-state index contributed by atoms with van der Waals surface area (Å²) >= 11 is 0.978. The van der Waals surface area contributed by atoms with Crippen LogP contribution in [0.25, 0.3) is 0 Å². The fraction of sp³-hybridized carbons (Fsp3) is 0.600. The normalized spacial score (nSPS) is 27.4. The minimum Gasteiger partial charge on any atom is -0.326 e. The molecule has 3 rings (SSSR count). The lowest BCUT2D eigenvalue weighted by Crippen LogP contribution is -2.40. The van der Waals surface area contributed by atoms with Gasteiger partial charge in [-0.05, 0) is 55.2 Å². The van der Waals surface area contributed by atoms with Gasteiger partial charge in [0.25, 0.3) is 0 Å². The van der Waals surface area contributed by atoms with Crippen molar-refractivity contribution in [3.63, 3.8) is 0 Å². The summed E-state index contributed by atoms with van der Waals surface area (Å²) in [6.07, 6.45) is 3.66. The lowest BCUT2D eigenvalue weighted by molar-refractivity contribution is -0.132. The van der Waals surface area contributed by atoms with E-state index in [4.69, 9.17) is 5.14 Å². The Hall–Kier alpha value is -1.21. The number of carbonyl (C=O) groups excluding carboxylic acids is 1. The van der Waals surface area contributed by atoms with Crippen molar-refractivity contribution < 1.29 is 13.6 Å². The highest BCUT2D eigenvalue weighted by atomic mass is 32.2. The Morgan fingerprint density at radius 2 is 2.18 bits per heavy atom. The smallest absolute Gasteiger partial charge is 0.248 e. The second-order valence-electron chi connectivity index (χ2n) is 6.20. The van der Waals surface area contributed by atoms with E-state index in [-0.39, 0.29) is 24.7 Å². The van der Waals surface area contributed by atoms with Crippen LogP contribution in [0.4, 0.5) is 14.5 Å². The van der Waals surface area contributed by atoms with Gasteiger partial charge in [-0.1, -0.05) is 0 Å². The van der Waals surface area contributed by atoms with Crippen molar-refractivity contribution in [2.75, 3.05) is 5.32 Å². The zero-order chi connectivity index (χ0) is 15.7. The Kier molecular flexibility index (Phi) is 4.36. The second-order valence-corrected chi connectivity index (χ2v) is 6.85. The van der Waals surface area contributed by atoms with Crippen LogP contribution in [-0.2, 0) is 4.79 Å². The first-order valence-electron chi connectivity index (χ1n) is 7.50. The van der Waals surface area contributed by atoms with Crippen LogP contribution >= 0.6 is 11.9 Å². The monoisotopic (exact) mass is 327 g/mol. The largest absolute Gasteiger partial charge is 0.326 e. The molecular formula is C15H19F2N3OS. The van der Waals surface area contributed by atoms with E-state index in [0.717, 1.165) is 24.8 Å². The maximum absolute atomic E-state index is 13.7. The molecule has 7 heteroatoms. The number of hydrogen-bond acceptors (Lipinski definition) is 4. The highest BCUT2D eigenvalue weighted by molar-refractivity contribution is 7.97. The summed E-state index contributed by atoms with van der Waals surface area (Å²) in [5.74, 6) is -3.12. The average Bonchev–Trinajstić information content (AvgIpc) is 3.31. The fourth-order valence-corrected chi connectivity index (χ4v) is 3.63. The van der Waals surface area contributed by atoms with E-state index in [0.29, 0.717) is 23.1 Å². The fourth-order valence-electron chi connectivity index (χ4n) is 3.32. The molecule has 0 aromatic carbocycles. The summed E-state index contributed by atoms with van der Waals surface area (Å²) < 4.78 is 27.4. The van der Waals surface area contributed by atoms with E-state index in [2.05, 4.69) is 10.3 Å². The van der Waals surface area contributed by atoms with Crippen LogP contribution in [0, 0.1) is 17.8 Å². The molecule has 4 nitrogen and oxygen atoms in total. The van der Waals surface area contributed by atoms with Gasteiger partial charge in [0.2, 0.25) is 11.8 Å². The molecule has 1 aromatic rings. The Morgan fingerprint density at radius 3 is 2.86 bits per heavy atom. The highest BCUT2D eigenvalue weighted by Crippen LogP contribution is 2.50. The molecule has 1 unspecified atom stereocenters. The number of aromatic nitrogens is 1. The van der Waals surface area contributed by atoms with Crippen molar-refractivity contribution in [1.29, 1.82) is 0 Å². The van der Waals surface area contributed by atoms with Crippen molar-refractivity contribution >= 4 is 23.5 Å². The molecule has 2 fully saturated rings. The number of rotatable bonds is 4. The third-order valence-corrected chi connectivity index (χ3v) is 5.03. The predicted octanol–water partition coefficient (Wildman–Crippen LogP) is 3.45. The number of nitrogens with one attached hydrogen (secondary N) is 1. The Morgan fingerprint density at radius 1 is 1.41 bits per heavy atom. The van der Waals surface area contributed by atoms with E-state index in [1.165, 1.54) is 0 Å². The predicted molar refractivity (Wildman–Crippen MR) is 81.4 cm³/mol. The van der Waals surface area contributed by atoms with Crippen LogP contribution in [0.5, 0.6) is 0 Å². The van der Waals surface area contributed by atoms with Crippen molar-refractivity contribution in [2.45, 2.75) is 43.1 Å². The van der Waals surface area contributed by atoms with Gasteiger partial charge in [0.05, 0.1) is 0 Å². The van der Waals surface area contributed by atoms with E-state index in [1.807, 2.05) is 0 Å². The molecule has 1 heterocycles. The molecular weight excluding hydrogens is 308 g/mol. The second kappa shape index (κ2) is 6.12. The summed E-state index contributed by atoms with van der Waals surface area (Å²) in [7, 11) is 0. The van der Waals surface area contributed by atoms with Gasteiger partial charge in [0, 0.05) is 30.6 Å². The quantitative estimate of drug-likeness (QED) is 0.831. The Bertz CT molecular complexity index is 565. The third-order valence-electron chi connectivity index (χ3n) is 4.57. The molecule has 2 aliphatic carbocycles. The zero-order valence-electron chi connectivity index (χ0n) is 12.1. The molecule has 2 saturated carbocycles. The van der Waals surface area contributed by atoms with Crippen molar-refractivity contribution in [1.82, 2.24) is 4.98 Å². The summed E-state index contributed by atoms with van der Waals surface area (Å²) in [5, 5.41) is 8.77.